The lowest BCUT2D eigenvalue weighted by atomic mass is 9.89. The fraction of sp³-hybridized carbons (Fsp3) is 0.389. The molecule has 0 N–H and O–H groups in total. The Morgan fingerprint density at radius 3 is 2.28 bits per heavy atom. The van der Waals surface area contributed by atoms with Crippen LogP contribution in [-0.2, 0) is 10.0 Å². The first-order valence-corrected chi connectivity index (χ1v) is 10.4. The smallest absolute Gasteiger partial charge is 0.252 e. The van der Waals surface area contributed by atoms with Crippen LogP contribution in [0.4, 0.5) is 0 Å². The summed E-state index contributed by atoms with van der Waals surface area (Å²) in [5.74, 6) is 0.653. The molecule has 0 amide bonds. The number of ether oxygens (including phenoxy) is 1. The van der Waals surface area contributed by atoms with Crippen molar-refractivity contribution in [3.8, 4) is 5.75 Å². The van der Waals surface area contributed by atoms with Crippen LogP contribution in [0.2, 0.25) is 0 Å². The number of carbonyl (C=O) groups is 1. The van der Waals surface area contributed by atoms with Crippen LogP contribution in [0.15, 0.2) is 40.6 Å². The van der Waals surface area contributed by atoms with E-state index in [-0.39, 0.29) is 11.7 Å². The molecular formula is C18H21NO4S2. The second kappa shape index (κ2) is 7.27. The molecule has 134 valence electrons. The molecule has 5 nitrogen and oxygen atoms in total. The van der Waals surface area contributed by atoms with Gasteiger partial charge >= 0.3 is 0 Å². The van der Waals surface area contributed by atoms with E-state index < -0.39 is 10.0 Å². The molecule has 1 fully saturated rings. The third-order valence-electron chi connectivity index (χ3n) is 4.51. The number of Topliss-reactive ketones (excluding diaryl/α,β-unsaturated/α-hetero) is 1. The molecule has 1 aliphatic heterocycles. The van der Waals surface area contributed by atoms with Crippen molar-refractivity contribution in [3.05, 3.63) is 46.8 Å². The van der Waals surface area contributed by atoms with E-state index in [2.05, 4.69) is 0 Å². The summed E-state index contributed by atoms with van der Waals surface area (Å²) in [6.07, 6.45) is 1.10. The maximum absolute atomic E-state index is 12.7. The molecule has 0 atom stereocenters. The molecule has 0 unspecified atom stereocenters. The number of piperidine rings is 1. The Kier molecular flexibility index (Phi) is 5.27. The highest BCUT2D eigenvalue weighted by Gasteiger charge is 2.33. The molecule has 7 heteroatoms. The van der Waals surface area contributed by atoms with Gasteiger partial charge in [-0.1, -0.05) is 0 Å². The number of sulfonamides is 1. The highest BCUT2D eigenvalue weighted by atomic mass is 32.2. The van der Waals surface area contributed by atoms with Gasteiger partial charge < -0.3 is 4.74 Å². The van der Waals surface area contributed by atoms with E-state index in [0.717, 1.165) is 4.88 Å². The van der Waals surface area contributed by atoms with Gasteiger partial charge in [0, 0.05) is 29.4 Å². The molecule has 0 bridgehead atoms. The Labute approximate surface area is 152 Å². The summed E-state index contributed by atoms with van der Waals surface area (Å²) < 4.78 is 32.3. The number of benzene rings is 1. The lowest BCUT2D eigenvalue weighted by Gasteiger charge is -2.30. The van der Waals surface area contributed by atoms with Gasteiger partial charge in [0.05, 0.1) is 7.11 Å². The van der Waals surface area contributed by atoms with E-state index in [1.807, 2.05) is 13.0 Å². The van der Waals surface area contributed by atoms with Gasteiger partial charge in [-0.25, -0.2) is 8.42 Å². The van der Waals surface area contributed by atoms with E-state index in [0.29, 0.717) is 41.5 Å². The molecule has 1 aliphatic rings. The van der Waals surface area contributed by atoms with Gasteiger partial charge in [0.1, 0.15) is 9.96 Å². The Morgan fingerprint density at radius 1 is 1.12 bits per heavy atom. The zero-order chi connectivity index (χ0) is 18.0. The Morgan fingerprint density at radius 2 is 1.76 bits per heavy atom. The van der Waals surface area contributed by atoms with Gasteiger partial charge in [-0.05, 0) is 56.2 Å². The highest BCUT2D eigenvalue weighted by Crippen LogP contribution is 2.29. The molecule has 3 rings (SSSR count). The number of hydrogen-bond donors (Lipinski definition) is 0. The maximum atomic E-state index is 12.7. The van der Waals surface area contributed by atoms with Crippen molar-refractivity contribution in [2.45, 2.75) is 24.0 Å². The normalized spacial score (nSPS) is 16.7. The third-order valence-corrected chi connectivity index (χ3v) is 7.88. The number of hydrogen-bond acceptors (Lipinski definition) is 5. The van der Waals surface area contributed by atoms with Crippen LogP contribution < -0.4 is 4.74 Å². The molecule has 1 aromatic heterocycles. The Balaban J connectivity index is 1.66. The fourth-order valence-corrected chi connectivity index (χ4v) is 5.93. The number of methoxy groups -OCH3 is 1. The van der Waals surface area contributed by atoms with E-state index in [1.165, 1.54) is 15.6 Å². The van der Waals surface area contributed by atoms with E-state index in [1.54, 1.807) is 37.4 Å². The quantitative estimate of drug-likeness (QED) is 0.748. The fourth-order valence-electron chi connectivity index (χ4n) is 3.03. The first-order valence-electron chi connectivity index (χ1n) is 8.16. The minimum Gasteiger partial charge on any atom is -0.497 e. The molecule has 0 radical (unpaired) electrons. The van der Waals surface area contributed by atoms with Crippen LogP contribution in [0.25, 0.3) is 0 Å². The van der Waals surface area contributed by atoms with Gasteiger partial charge in [-0.3, -0.25) is 4.79 Å². The molecule has 1 saturated heterocycles. The van der Waals surface area contributed by atoms with Gasteiger partial charge in [-0.2, -0.15) is 4.31 Å². The van der Waals surface area contributed by atoms with E-state index in [9.17, 15) is 13.2 Å². The first-order chi connectivity index (χ1) is 11.9. The van der Waals surface area contributed by atoms with Crippen LogP contribution in [0.5, 0.6) is 5.75 Å². The molecule has 0 spiro atoms. The zero-order valence-electron chi connectivity index (χ0n) is 14.3. The number of rotatable bonds is 5. The average molecular weight is 380 g/mol. The highest BCUT2D eigenvalue weighted by molar-refractivity contribution is 7.91. The van der Waals surface area contributed by atoms with Gasteiger partial charge in [-0.15, -0.1) is 11.3 Å². The summed E-state index contributed by atoms with van der Waals surface area (Å²) in [7, 11) is -1.85. The van der Waals surface area contributed by atoms with Crippen molar-refractivity contribution in [2.75, 3.05) is 20.2 Å². The van der Waals surface area contributed by atoms with Gasteiger partial charge in [0.25, 0.3) is 10.0 Å². The summed E-state index contributed by atoms with van der Waals surface area (Å²) in [4.78, 5) is 13.6. The first kappa shape index (κ1) is 18.1. The Bertz CT molecular complexity index is 847. The number of thiophene rings is 1. The molecule has 0 aliphatic carbocycles. The molecular weight excluding hydrogens is 358 g/mol. The molecule has 1 aromatic carbocycles. The monoisotopic (exact) mass is 379 g/mol. The van der Waals surface area contributed by atoms with Crippen LogP contribution in [0.3, 0.4) is 0 Å². The third kappa shape index (κ3) is 3.78. The van der Waals surface area contributed by atoms with Crippen molar-refractivity contribution < 1.29 is 17.9 Å². The molecule has 2 aromatic rings. The summed E-state index contributed by atoms with van der Waals surface area (Å²) >= 11 is 1.29. The average Bonchev–Trinajstić information content (AvgIpc) is 3.08. The van der Waals surface area contributed by atoms with Crippen LogP contribution in [0.1, 0.15) is 28.1 Å². The molecule has 0 saturated carbocycles. The number of aryl methyl sites for hydroxylation is 1. The number of ketones is 1. The Hall–Kier alpha value is -1.70. The number of carbonyl (C=O) groups excluding carboxylic acids is 1. The van der Waals surface area contributed by atoms with Gasteiger partial charge in [0.15, 0.2) is 5.78 Å². The van der Waals surface area contributed by atoms with Crippen molar-refractivity contribution in [1.82, 2.24) is 4.31 Å². The predicted molar refractivity (Wildman–Crippen MR) is 97.9 cm³/mol. The van der Waals surface area contributed by atoms with Crippen LogP contribution in [0, 0.1) is 12.8 Å². The largest absolute Gasteiger partial charge is 0.497 e. The van der Waals surface area contributed by atoms with Crippen molar-refractivity contribution in [2.24, 2.45) is 5.92 Å². The van der Waals surface area contributed by atoms with Crippen LogP contribution >= 0.6 is 11.3 Å². The maximum Gasteiger partial charge on any atom is 0.252 e. The lowest BCUT2D eigenvalue weighted by molar-refractivity contribution is 0.0875. The lowest BCUT2D eigenvalue weighted by Crippen LogP contribution is -2.40. The summed E-state index contributed by atoms with van der Waals surface area (Å²) in [5, 5.41) is 0. The molecule has 25 heavy (non-hydrogen) atoms. The van der Waals surface area contributed by atoms with Gasteiger partial charge in [0.2, 0.25) is 0 Å². The zero-order valence-corrected chi connectivity index (χ0v) is 15.9. The van der Waals surface area contributed by atoms with Crippen molar-refractivity contribution in [1.29, 1.82) is 0 Å². The standard InChI is InChI=1S/C18H21NO4S2/c1-13-3-8-17(24-13)25(21,22)19-11-9-15(10-12-19)18(20)14-4-6-16(23-2)7-5-14/h3-8,15H,9-12H2,1-2H3. The van der Waals surface area contributed by atoms with Crippen molar-refractivity contribution >= 4 is 27.1 Å². The second-order valence-electron chi connectivity index (χ2n) is 6.14. The van der Waals surface area contributed by atoms with Crippen molar-refractivity contribution in [3.63, 3.8) is 0 Å². The molecule has 2 heterocycles. The number of nitrogens with zero attached hydrogens (tertiary/aromatic N) is 1. The minimum absolute atomic E-state index is 0.0756. The van der Waals surface area contributed by atoms with E-state index in [4.69, 9.17) is 4.74 Å². The summed E-state index contributed by atoms with van der Waals surface area (Å²) in [6, 6.07) is 10.5. The van der Waals surface area contributed by atoms with E-state index >= 15 is 0 Å². The predicted octanol–water partition coefficient (Wildman–Crippen LogP) is 3.35. The topological polar surface area (TPSA) is 63.7 Å². The summed E-state index contributed by atoms with van der Waals surface area (Å²) in [5.41, 5.74) is 0.649. The summed E-state index contributed by atoms with van der Waals surface area (Å²) in [6.45, 7) is 2.65. The minimum atomic E-state index is -3.44. The van der Waals surface area contributed by atoms with Crippen LogP contribution in [-0.4, -0.2) is 38.7 Å². The SMILES string of the molecule is COc1ccc(C(=O)C2CCN(S(=O)(=O)c3ccc(C)s3)CC2)cc1. The second-order valence-corrected chi connectivity index (χ2v) is 9.59.